The quantitative estimate of drug-likeness (QED) is 0.444. The molecule has 142 valence electrons. The van der Waals surface area contributed by atoms with Gasteiger partial charge in [-0.2, -0.15) is 0 Å². The maximum absolute atomic E-state index is 14.4. The van der Waals surface area contributed by atoms with Crippen LogP contribution in [0.2, 0.25) is 5.02 Å². The number of halogens is 2. The molecule has 0 saturated carbocycles. The van der Waals surface area contributed by atoms with Gasteiger partial charge in [-0.05, 0) is 67.3 Å². The summed E-state index contributed by atoms with van der Waals surface area (Å²) in [7, 11) is 0. The Morgan fingerprint density at radius 3 is 2.57 bits per heavy atom. The van der Waals surface area contributed by atoms with Crippen LogP contribution in [-0.2, 0) is 6.54 Å². The summed E-state index contributed by atoms with van der Waals surface area (Å²) >= 11 is 7.61. The second kappa shape index (κ2) is 7.49. The number of rotatable bonds is 3. The first-order valence-electron chi connectivity index (χ1n) is 8.84. The Kier molecular flexibility index (Phi) is 5.04. The van der Waals surface area contributed by atoms with E-state index in [-0.39, 0.29) is 12.6 Å². The molecule has 2 amide bonds. The fourth-order valence-electron chi connectivity index (χ4n) is 3.19. The fourth-order valence-corrected chi connectivity index (χ4v) is 4.49. The van der Waals surface area contributed by atoms with Gasteiger partial charge in [0, 0.05) is 10.6 Å². The number of hydrogen-bond acceptors (Lipinski definition) is 2. The number of carbonyl (C=O) groups is 1. The minimum atomic E-state index is -0.422. The minimum absolute atomic E-state index is 0.0588. The van der Waals surface area contributed by atoms with Crippen molar-refractivity contribution in [3.63, 3.8) is 0 Å². The smallest absolute Gasteiger partial charge is 0.288 e. The maximum Gasteiger partial charge on any atom is 0.339 e. The summed E-state index contributed by atoms with van der Waals surface area (Å²) < 4.78 is 16.1. The van der Waals surface area contributed by atoms with Gasteiger partial charge in [-0.15, -0.1) is 0 Å². The largest absolute Gasteiger partial charge is 0.339 e. The van der Waals surface area contributed by atoms with Crippen LogP contribution in [0.15, 0.2) is 65.6 Å². The lowest BCUT2D eigenvalue weighted by Gasteiger charge is -2.36. The van der Waals surface area contributed by atoms with Crippen LogP contribution in [0.5, 0.6) is 0 Å². The van der Waals surface area contributed by atoms with E-state index in [2.05, 4.69) is 0 Å². The average Bonchev–Trinajstić information content (AvgIpc) is 2.68. The Morgan fingerprint density at radius 2 is 1.79 bits per heavy atom. The zero-order valence-corrected chi connectivity index (χ0v) is 17.0. The average molecular weight is 413 g/mol. The molecule has 0 fully saturated rings. The van der Waals surface area contributed by atoms with Gasteiger partial charge in [-0.1, -0.05) is 41.9 Å². The number of amides is 2. The van der Waals surface area contributed by atoms with Crippen LogP contribution in [-0.4, -0.2) is 6.03 Å². The summed E-state index contributed by atoms with van der Waals surface area (Å²) in [5.41, 5.74) is 3.94. The van der Waals surface area contributed by atoms with Crippen molar-refractivity contribution in [3.05, 3.63) is 88.2 Å². The number of para-hydroxylation sites is 1. The lowest BCUT2D eigenvalue weighted by atomic mass is 10.1. The van der Waals surface area contributed by atoms with Crippen molar-refractivity contribution in [1.82, 2.24) is 0 Å². The molecule has 3 aromatic rings. The van der Waals surface area contributed by atoms with Crippen LogP contribution in [0, 0.1) is 19.7 Å². The predicted octanol–water partition coefficient (Wildman–Crippen LogP) is 6.75. The second-order valence-electron chi connectivity index (χ2n) is 6.71. The van der Waals surface area contributed by atoms with Gasteiger partial charge < -0.3 is 0 Å². The van der Waals surface area contributed by atoms with E-state index in [0.717, 1.165) is 27.4 Å². The van der Waals surface area contributed by atoms with E-state index in [0.29, 0.717) is 10.6 Å². The molecule has 1 heterocycles. The zero-order valence-electron chi connectivity index (χ0n) is 15.4. The Morgan fingerprint density at radius 1 is 1.00 bits per heavy atom. The summed E-state index contributed by atoms with van der Waals surface area (Å²) in [6, 6.07) is 18.0. The molecule has 1 aliphatic heterocycles. The molecular formula is C22H18ClFN2OS. The van der Waals surface area contributed by atoms with Gasteiger partial charge in [-0.3, -0.25) is 4.90 Å². The van der Waals surface area contributed by atoms with E-state index in [9.17, 15) is 9.18 Å². The Balaban J connectivity index is 1.81. The lowest BCUT2D eigenvalue weighted by Crippen LogP contribution is -2.43. The first-order valence-corrected chi connectivity index (χ1v) is 9.99. The van der Waals surface area contributed by atoms with E-state index < -0.39 is 5.82 Å². The highest BCUT2D eigenvalue weighted by molar-refractivity contribution is 8.01. The van der Waals surface area contributed by atoms with Crippen LogP contribution < -0.4 is 9.21 Å². The molecule has 0 N–H and O–H groups in total. The standard InChI is InChI=1S/C22H18ClFN2OS/c1-14-10-11-15(2)20(12-14)26-22(27)25(19-8-3-4-9-21(19)28-26)13-16-17(23)6-5-7-18(16)24/h3-12H,13H2,1-2H3. The van der Waals surface area contributed by atoms with E-state index in [4.69, 9.17) is 11.6 Å². The van der Waals surface area contributed by atoms with Gasteiger partial charge in [0.05, 0.1) is 22.8 Å². The van der Waals surface area contributed by atoms with Crippen molar-refractivity contribution in [1.29, 1.82) is 0 Å². The van der Waals surface area contributed by atoms with Crippen LogP contribution in [0.25, 0.3) is 0 Å². The molecule has 0 aromatic heterocycles. The maximum atomic E-state index is 14.4. The molecule has 28 heavy (non-hydrogen) atoms. The third-order valence-electron chi connectivity index (χ3n) is 4.71. The first-order chi connectivity index (χ1) is 13.5. The molecule has 6 heteroatoms. The summed E-state index contributed by atoms with van der Waals surface area (Å²) in [6.07, 6.45) is 0. The topological polar surface area (TPSA) is 23.6 Å². The van der Waals surface area contributed by atoms with Gasteiger partial charge in [0.15, 0.2) is 0 Å². The van der Waals surface area contributed by atoms with Crippen LogP contribution in [0.3, 0.4) is 0 Å². The molecule has 0 spiro atoms. The number of carbonyl (C=O) groups excluding carboxylic acids is 1. The fraction of sp³-hybridized carbons (Fsp3) is 0.136. The lowest BCUT2D eigenvalue weighted by molar-refractivity contribution is 0.254. The van der Waals surface area contributed by atoms with Gasteiger partial charge in [0.1, 0.15) is 5.82 Å². The van der Waals surface area contributed by atoms with Crippen LogP contribution in [0.1, 0.15) is 16.7 Å². The van der Waals surface area contributed by atoms with E-state index in [1.165, 1.54) is 18.0 Å². The molecule has 0 radical (unpaired) electrons. The Labute approximate surface area is 172 Å². The minimum Gasteiger partial charge on any atom is -0.288 e. The number of fused-ring (bicyclic) bond motifs is 1. The van der Waals surface area contributed by atoms with Gasteiger partial charge in [0.25, 0.3) is 0 Å². The van der Waals surface area contributed by atoms with Gasteiger partial charge in [-0.25, -0.2) is 13.5 Å². The second-order valence-corrected chi connectivity index (χ2v) is 8.11. The molecule has 0 atom stereocenters. The summed E-state index contributed by atoms with van der Waals surface area (Å²) in [5.74, 6) is -0.422. The number of urea groups is 1. The highest BCUT2D eigenvalue weighted by Crippen LogP contribution is 2.43. The number of nitrogens with zero attached hydrogens (tertiary/aromatic N) is 2. The van der Waals surface area contributed by atoms with Crippen LogP contribution >= 0.6 is 23.5 Å². The SMILES string of the molecule is Cc1ccc(C)c(N2Sc3ccccc3N(Cc3c(F)cccc3Cl)C2=O)c1. The monoisotopic (exact) mass is 412 g/mol. The van der Waals surface area contributed by atoms with Crippen molar-refractivity contribution >= 4 is 41.0 Å². The predicted molar refractivity (Wildman–Crippen MR) is 114 cm³/mol. The molecule has 4 rings (SSSR count). The van der Waals surface area contributed by atoms with Crippen molar-refractivity contribution in [2.45, 2.75) is 25.3 Å². The molecule has 3 aromatic carbocycles. The van der Waals surface area contributed by atoms with Crippen molar-refractivity contribution in [3.8, 4) is 0 Å². The summed E-state index contributed by atoms with van der Waals surface area (Å²) in [4.78, 5) is 16.0. The number of anilines is 2. The van der Waals surface area contributed by atoms with E-state index >= 15 is 0 Å². The van der Waals surface area contributed by atoms with E-state index in [1.807, 2.05) is 56.3 Å². The first kappa shape index (κ1) is 18.8. The number of hydrogen-bond donors (Lipinski definition) is 0. The highest BCUT2D eigenvalue weighted by atomic mass is 35.5. The van der Waals surface area contributed by atoms with Crippen molar-refractivity contribution < 1.29 is 9.18 Å². The molecule has 0 saturated heterocycles. The highest BCUT2D eigenvalue weighted by Gasteiger charge is 2.33. The third-order valence-corrected chi connectivity index (χ3v) is 6.14. The van der Waals surface area contributed by atoms with Gasteiger partial charge >= 0.3 is 6.03 Å². The van der Waals surface area contributed by atoms with Crippen molar-refractivity contribution in [2.24, 2.45) is 0 Å². The molecule has 1 aliphatic rings. The molecular weight excluding hydrogens is 395 g/mol. The zero-order chi connectivity index (χ0) is 19.8. The number of benzene rings is 3. The number of aryl methyl sites for hydroxylation is 2. The van der Waals surface area contributed by atoms with E-state index in [1.54, 1.807) is 21.3 Å². The molecule has 3 nitrogen and oxygen atoms in total. The van der Waals surface area contributed by atoms with Crippen molar-refractivity contribution in [2.75, 3.05) is 9.21 Å². The Hall–Kier alpha value is -2.50. The molecule has 0 unspecified atom stereocenters. The molecule has 0 aliphatic carbocycles. The van der Waals surface area contributed by atoms with Gasteiger partial charge in [0.2, 0.25) is 0 Å². The third kappa shape index (κ3) is 3.36. The summed E-state index contributed by atoms with van der Waals surface area (Å²) in [6.45, 7) is 4.03. The Bertz CT molecular complexity index is 1050. The molecule has 0 bridgehead atoms. The normalized spacial score (nSPS) is 13.6. The van der Waals surface area contributed by atoms with Crippen LogP contribution in [0.4, 0.5) is 20.6 Å². The summed E-state index contributed by atoms with van der Waals surface area (Å²) in [5, 5.41) is 0.307.